The van der Waals surface area contributed by atoms with E-state index in [1.165, 1.54) is 0 Å². The molecule has 0 aromatic carbocycles. The van der Waals surface area contributed by atoms with Crippen LogP contribution in [0.5, 0.6) is 0 Å². The van der Waals surface area contributed by atoms with Gasteiger partial charge in [-0.3, -0.25) is 0 Å². The molecule has 146 valence electrons. The minimum absolute atomic E-state index is 0.131. The topological polar surface area (TPSA) is 81.4 Å². The summed E-state index contributed by atoms with van der Waals surface area (Å²) in [6.45, 7) is 14.6. The summed E-state index contributed by atoms with van der Waals surface area (Å²) in [5.74, 6) is -1.15. The Morgan fingerprint density at radius 2 is 1.12 bits per heavy atom. The van der Waals surface area contributed by atoms with Gasteiger partial charge in [0, 0.05) is 51.2 Å². The van der Waals surface area contributed by atoms with E-state index in [2.05, 4.69) is 0 Å². The van der Waals surface area contributed by atoms with Crippen molar-refractivity contribution in [1.29, 1.82) is 0 Å². The summed E-state index contributed by atoms with van der Waals surface area (Å²) in [7, 11) is -3.91. The van der Waals surface area contributed by atoms with E-state index in [4.69, 9.17) is 32.9 Å². The molecule has 0 amide bonds. The molecule has 1 atom stereocenters. The van der Waals surface area contributed by atoms with Gasteiger partial charge in [0.1, 0.15) is 9.68 Å². The lowest BCUT2D eigenvalue weighted by Crippen LogP contribution is -2.54. The van der Waals surface area contributed by atoms with Crippen LogP contribution in [0.25, 0.3) is 0 Å². The zero-order valence-corrected chi connectivity index (χ0v) is 18.7. The van der Waals surface area contributed by atoms with Crippen molar-refractivity contribution in [1.82, 2.24) is 0 Å². The highest BCUT2D eigenvalue weighted by Gasteiger charge is 2.51. The number of rotatable bonds is 16. The van der Waals surface area contributed by atoms with Crippen LogP contribution in [-0.4, -0.2) is 64.1 Å². The SMILES string of the molecule is CCOC(OCC)(OCC)C(C[Si](OCC)(OCC)OCC)[SiH2]N. The van der Waals surface area contributed by atoms with Crippen molar-refractivity contribution in [3.05, 3.63) is 0 Å². The Morgan fingerprint density at radius 3 is 1.38 bits per heavy atom. The van der Waals surface area contributed by atoms with Gasteiger partial charge < -0.3 is 32.9 Å². The van der Waals surface area contributed by atoms with Gasteiger partial charge in [-0.2, -0.15) is 0 Å². The second kappa shape index (κ2) is 13.4. The number of ether oxygens (including phenoxy) is 3. The van der Waals surface area contributed by atoms with Gasteiger partial charge in [0.15, 0.2) is 0 Å². The molecule has 0 radical (unpaired) electrons. The Morgan fingerprint density at radius 1 is 0.750 bits per heavy atom. The molecule has 0 aromatic rings. The minimum atomic E-state index is -2.86. The summed E-state index contributed by atoms with van der Waals surface area (Å²) in [6, 6.07) is 0.533. The molecule has 0 aliphatic heterocycles. The van der Waals surface area contributed by atoms with Gasteiger partial charge in [-0.1, -0.05) is 0 Å². The average molecular weight is 384 g/mol. The zero-order valence-electron chi connectivity index (χ0n) is 16.3. The van der Waals surface area contributed by atoms with Crippen LogP contribution in [0.2, 0.25) is 11.6 Å². The number of hydrogen-bond acceptors (Lipinski definition) is 7. The molecular formula is C15H37NO6Si2. The van der Waals surface area contributed by atoms with E-state index in [0.29, 0.717) is 45.7 Å². The molecule has 0 spiro atoms. The third kappa shape index (κ3) is 7.18. The molecule has 1 unspecified atom stereocenters. The molecule has 0 bridgehead atoms. The van der Waals surface area contributed by atoms with Gasteiger partial charge >= 0.3 is 8.80 Å². The largest absolute Gasteiger partial charge is 0.501 e. The quantitative estimate of drug-likeness (QED) is 0.320. The monoisotopic (exact) mass is 383 g/mol. The lowest BCUT2D eigenvalue weighted by atomic mass is 10.4. The Hall–Kier alpha value is 0.154. The Balaban J connectivity index is 5.59. The smallest absolute Gasteiger partial charge is 0.374 e. The fraction of sp³-hybridized carbons (Fsp3) is 1.00. The molecule has 24 heavy (non-hydrogen) atoms. The molecule has 2 N–H and O–H groups in total. The van der Waals surface area contributed by atoms with E-state index in [0.717, 1.165) is 0 Å². The third-order valence-corrected chi connectivity index (χ3v) is 8.52. The van der Waals surface area contributed by atoms with Crippen LogP contribution in [0.3, 0.4) is 0 Å². The zero-order chi connectivity index (χ0) is 18.5. The highest BCUT2D eigenvalue weighted by Crippen LogP contribution is 2.37. The predicted octanol–water partition coefficient (Wildman–Crippen LogP) is 1.63. The van der Waals surface area contributed by atoms with Crippen LogP contribution in [0.1, 0.15) is 41.5 Å². The molecule has 0 aromatic heterocycles. The highest BCUT2D eigenvalue weighted by atomic mass is 28.4. The molecule has 0 saturated heterocycles. The summed E-state index contributed by atoms with van der Waals surface area (Å²) in [4.78, 5) is 0. The molecule has 0 saturated carbocycles. The molecule has 7 nitrogen and oxygen atoms in total. The Bertz CT molecular complexity index is 278. The third-order valence-electron chi connectivity index (χ3n) is 3.41. The van der Waals surface area contributed by atoms with E-state index in [1.807, 2.05) is 41.5 Å². The van der Waals surface area contributed by atoms with Crippen molar-refractivity contribution in [3.8, 4) is 0 Å². The van der Waals surface area contributed by atoms with Crippen molar-refractivity contribution in [2.45, 2.75) is 59.1 Å². The van der Waals surface area contributed by atoms with Gasteiger partial charge in [-0.25, -0.2) is 0 Å². The second-order valence-electron chi connectivity index (χ2n) is 5.02. The van der Waals surface area contributed by atoms with E-state index in [9.17, 15) is 0 Å². The maximum atomic E-state index is 6.20. The lowest BCUT2D eigenvalue weighted by Gasteiger charge is -2.41. The Labute approximate surface area is 150 Å². The van der Waals surface area contributed by atoms with Crippen molar-refractivity contribution in [3.63, 3.8) is 0 Å². The van der Waals surface area contributed by atoms with Crippen LogP contribution < -0.4 is 5.40 Å². The molecule has 0 aliphatic rings. The van der Waals surface area contributed by atoms with Crippen molar-refractivity contribution >= 4 is 18.5 Å². The first-order valence-corrected chi connectivity index (χ1v) is 12.6. The normalized spacial score (nSPS) is 14.6. The number of hydrogen-bond donors (Lipinski definition) is 1. The fourth-order valence-corrected chi connectivity index (χ4v) is 7.84. The predicted molar refractivity (Wildman–Crippen MR) is 99.5 cm³/mol. The molecular weight excluding hydrogens is 346 g/mol. The first kappa shape index (κ1) is 24.2. The first-order valence-electron chi connectivity index (χ1n) is 9.07. The average Bonchev–Trinajstić information content (AvgIpc) is 2.54. The van der Waals surface area contributed by atoms with Gasteiger partial charge in [-0.05, 0) is 41.5 Å². The van der Waals surface area contributed by atoms with Gasteiger partial charge in [0.2, 0.25) is 0 Å². The first-order chi connectivity index (χ1) is 11.5. The van der Waals surface area contributed by atoms with E-state index >= 15 is 0 Å². The van der Waals surface area contributed by atoms with E-state index < -0.39 is 24.5 Å². The number of nitrogens with two attached hydrogens (primary N) is 1. The van der Waals surface area contributed by atoms with E-state index in [1.54, 1.807) is 0 Å². The maximum Gasteiger partial charge on any atom is 0.501 e. The van der Waals surface area contributed by atoms with Gasteiger partial charge in [-0.15, -0.1) is 0 Å². The lowest BCUT2D eigenvalue weighted by molar-refractivity contribution is -0.377. The molecule has 9 heteroatoms. The van der Waals surface area contributed by atoms with Crippen molar-refractivity contribution < 1.29 is 27.5 Å². The summed E-state index contributed by atoms with van der Waals surface area (Å²) < 4.78 is 35.6. The molecule has 0 fully saturated rings. The highest BCUT2D eigenvalue weighted by molar-refractivity contribution is 6.62. The maximum absolute atomic E-state index is 6.20. The van der Waals surface area contributed by atoms with Gasteiger partial charge in [0.25, 0.3) is 5.97 Å². The summed E-state index contributed by atoms with van der Waals surface area (Å²) >= 11 is 0. The van der Waals surface area contributed by atoms with Crippen LogP contribution in [-0.2, 0) is 27.5 Å². The summed E-state index contributed by atoms with van der Waals surface area (Å²) in [5, 5.41) is 6.20. The van der Waals surface area contributed by atoms with Crippen LogP contribution in [0.15, 0.2) is 0 Å². The molecule has 0 heterocycles. The fourth-order valence-electron chi connectivity index (χ4n) is 2.70. The molecule has 0 rings (SSSR count). The summed E-state index contributed by atoms with van der Waals surface area (Å²) in [6.07, 6.45) is 0. The van der Waals surface area contributed by atoms with Crippen LogP contribution in [0, 0.1) is 0 Å². The Kier molecular flexibility index (Phi) is 13.5. The second-order valence-corrected chi connectivity index (χ2v) is 9.12. The van der Waals surface area contributed by atoms with Crippen molar-refractivity contribution in [2.75, 3.05) is 39.6 Å². The molecule has 0 aliphatic carbocycles. The standard InChI is InChI=1S/C15H37NO6Si2/c1-7-17-15(18-8-2,19-9-3)14(23-16)13-24(20-10-4,21-11-5)22-12-6/h14H,7-13,16,23H2,1-6H3. The van der Waals surface area contributed by atoms with Gasteiger partial charge in [0.05, 0.1) is 0 Å². The van der Waals surface area contributed by atoms with Crippen LogP contribution >= 0.6 is 0 Å². The minimum Gasteiger partial charge on any atom is -0.374 e. The summed E-state index contributed by atoms with van der Waals surface area (Å²) in [5.41, 5.74) is -0.131. The van der Waals surface area contributed by atoms with Crippen LogP contribution in [0.4, 0.5) is 0 Å². The van der Waals surface area contributed by atoms with E-state index in [-0.39, 0.29) is 5.54 Å². The van der Waals surface area contributed by atoms with Crippen molar-refractivity contribution in [2.24, 2.45) is 5.40 Å².